The van der Waals surface area contributed by atoms with Gasteiger partial charge in [0.15, 0.2) is 0 Å². The molecule has 2 atom stereocenters. The largest absolute Gasteiger partial charge is 0.389 e. The van der Waals surface area contributed by atoms with Crippen LogP contribution in [0.25, 0.3) is 10.9 Å². The monoisotopic (exact) mass is 320 g/mol. The van der Waals surface area contributed by atoms with E-state index in [-0.39, 0.29) is 30.8 Å². The van der Waals surface area contributed by atoms with Gasteiger partial charge >= 0.3 is 0 Å². The van der Waals surface area contributed by atoms with E-state index in [1.807, 2.05) is 47.2 Å². The number of hydrogen-bond donors (Lipinski definition) is 2. The van der Waals surface area contributed by atoms with Gasteiger partial charge in [0.1, 0.15) is 5.82 Å². The quantitative estimate of drug-likeness (QED) is 0.776. The van der Waals surface area contributed by atoms with Crippen LogP contribution < -0.4 is 5.73 Å². The SMILES string of the molecule is Cl.NCC(O)C(c1ccccc1)n1ccc2cc(F)ccc21. The van der Waals surface area contributed by atoms with Crippen LogP contribution in [0.5, 0.6) is 0 Å². The summed E-state index contributed by atoms with van der Waals surface area (Å²) in [5.74, 6) is -0.268. The summed E-state index contributed by atoms with van der Waals surface area (Å²) in [7, 11) is 0. The molecule has 1 aromatic heterocycles. The third-order valence-electron chi connectivity index (χ3n) is 3.73. The van der Waals surface area contributed by atoms with E-state index < -0.39 is 6.10 Å². The number of benzene rings is 2. The lowest BCUT2D eigenvalue weighted by molar-refractivity contribution is 0.140. The Kier molecular flexibility index (Phi) is 5.19. The summed E-state index contributed by atoms with van der Waals surface area (Å²) in [6.45, 7) is 0.153. The predicted molar refractivity (Wildman–Crippen MR) is 88.8 cm³/mol. The van der Waals surface area contributed by atoms with E-state index in [0.717, 1.165) is 16.5 Å². The number of nitrogens with zero attached hydrogens (tertiary/aromatic N) is 1. The molecule has 3 nitrogen and oxygen atoms in total. The van der Waals surface area contributed by atoms with Gasteiger partial charge in [-0.05, 0) is 29.8 Å². The second-order valence-corrected chi connectivity index (χ2v) is 5.08. The highest BCUT2D eigenvalue weighted by molar-refractivity contribution is 5.85. The Bertz CT molecular complexity index is 745. The Balaban J connectivity index is 0.00000176. The van der Waals surface area contributed by atoms with Gasteiger partial charge in [-0.15, -0.1) is 12.4 Å². The lowest BCUT2D eigenvalue weighted by Gasteiger charge is -2.25. The number of nitrogens with two attached hydrogens (primary N) is 1. The smallest absolute Gasteiger partial charge is 0.123 e. The van der Waals surface area contributed by atoms with Crippen LogP contribution in [-0.4, -0.2) is 22.3 Å². The van der Waals surface area contributed by atoms with E-state index >= 15 is 0 Å². The lowest BCUT2D eigenvalue weighted by Crippen LogP contribution is -2.31. The van der Waals surface area contributed by atoms with Gasteiger partial charge in [-0.3, -0.25) is 0 Å². The molecule has 0 saturated heterocycles. The molecule has 0 bridgehead atoms. The second kappa shape index (κ2) is 6.92. The molecule has 3 N–H and O–H groups in total. The van der Waals surface area contributed by atoms with Crippen molar-refractivity contribution >= 4 is 23.3 Å². The highest BCUT2D eigenvalue weighted by atomic mass is 35.5. The highest BCUT2D eigenvalue weighted by Crippen LogP contribution is 2.28. The molecule has 0 aliphatic heterocycles. The van der Waals surface area contributed by atoms with Crippen molar-refractivity contribution in [2.24, 2.45) is 5.73 Å². The van der Waals surface area contributed by atoms with Crippen molar-refractivity contribution in [2.75, 3.05) is 6.54 Å². The second-order valence-electron chi connectivity index (χ2n) is 5.08. The van der Waals surface area contributed by atoms with Crippen molar-refractivity contribution in [3.05, 3.63) is 72.2 Å². The Morgan fingerprint density at radius 2 is 1.82 bits per heavy atom. The fourth-order valence-corrected chi connectivity index (χ4v) is 2.72. The van der Waals surface area contributed by atoms with Crippen molar-refractivity contribution < 1.29 is 9.50 Å². The molecule has 5 heteroatoms. The Labute approximate surface area is 134 Å². The number of halogens is 2. The molecule has 22 heavy (non-hydrogen) atoms. The Morgan fingerprint density at radius 1 is 1.09 bits per heavy atom. The van der Waals surface area contributed by atoms with E-state index in [1.54, 1.807) is 6.07 Å². The molecule has 0 aliphatic rings. The number of aliphatic hydroxyl groups is 1. The third-order valence-corrected chi connectivity index (χ3v) is 3.73. The van der Waals surface area contributed by atoms with Crippen LogP contribution in [-0.2, 0) is 0 Å². The number of aromatic nitrogens is 1. The number of rotatable bonds is 4. The first-order chi connectivity index (χ1) is 10.2. The summed E-state index contributed by atoms with van der Waals surface area (Å²) in [6.07, 6.45) is 1.15. The molecule has 0 saturated carbocycles. The van der Waals surface area contributed by atoms with Crippen LogP contribution in [0, 0.1) is 5.82 Å². The molecule has 2 unspecified atom stereocenters. The van der Waals surface area contributed by atoms with Gasteiger partial charge in [0.25, 0.3) is 0 Å². The van der Waals surface area contributed by atoms with Crippen LogP contribution in [0.1, 0.15) is 11.6 Å². The van der Waals surface area contributed by atoms with Crippen molar-refractivity contribution in [1.82, 2.24) is 4.57 Å². The van der Waals surface area contributed by atoms with Crippen LogP contribution >= 0.6 is 12.4 Å². The summed E-state index contributed by atoms with van der Waals surface area (Å²) in [5, 5.41) is 11.1. The molecule has 0 radical (unpaired) electrons. The third kappa shape index (κ3) is 2.99. The zero-order valence-corrected chi connectivity index (χ0v) is 12.7. The summed E-state index contributed by atoms with van der Waals surface area (Å²) in [4.78, 5) is 0. The van der Waals surface area contributed by atoms with Crippen molar-refractivity contribution in [3.8, 4) is 0 Å². The van der Waals surface area contributed by atoms with E-state index in [2.05, 4.69) is 0 Å². The van der Waals surface area contributed by atoms with Gasteiger partial charge in [-0.1, -0.05) is 30.3 Å². The van der Waals surface area contributed by atoms with Crippen molar-refractivity contribution in [3.63, 3.8) is 0 Å². The Hall–Kier alpha value is -1.88. The lowest BCUT2D eigenvalue weighted by atomic mass is 10.0. The molecule has 0 spiro atoms. The van der Waals surface area contributed by atoms with Gasteiger partial charge in [0.05, 0.1) is 12.1 Å². The molecule has 0 fully saturated rings. The number of aliphatic hydroxyl groups excluding tert-OH is 1. The predicted octanol–water partition coefficient (Wildman–Crippen LogP) is 3.11. The van der Waals surface area contributed by atoms with Gasteiger partial charge in [-0.25, -0.2) is 4.39 Å². The van der Waals surface area contributed by atoms with Crippen molar-refractivity contribution in [2.45, 2.75) is 12.1 Å². The molecule has 116 valence electrons. The molecule has 1 heterocycles. The van der Waals surface area contributed by atoms with Crippen LogP contribution in [0.3, 0.4) is 0 Å². The molecule has 3 aromatic rings. The topological polar surface area (TPSA) is 51.2 Å². The normalized spacial score (nSPS) is 13.6. The van der Waals surface area contributed by atoms with Crippen LogP contribution in [0.4, 0.5) is 4.39 Å². The van der Waals surface area contributed by atoms with Gasteiger partial charge in [-0.2, -0.15) is 0 Å². The van der Waals surface area contributed by atoms with Crippen LogP contribution in [0.2, 0.25) is 0 Å². The molecular formula is C17H18ClFN2O. The van der Waals surface area contributed by atoms with E-state index in [0.29, 0.717) is 0 Å². The summed E-state index contributed by atoms with van der Waals surface area (Å²) < 4.78 is 15.3. The maximum atomic E-state index is 13.3. The molecular weight excluding hydrogens is 303 g/mol. The molecule has 0 amide bonds. The standard InChI is InChI=1S/C17H17FN2O.ClH/c18-14-6-7-15-13(10-14)8-9-20(15)17(16(21)11-19)12-4-2-1-3-5-12;/h1-10,16-17,21H,11,19H2;1H. The molecule has 2 aromatic carbocycles. The summed E-state index contributed by atoms with van der Waals surface area (Å²) in [5.41, 5.74) is 7.50. The minimum Gasteiger partial charge on any atom is -0.389 e. The fourth-order valence-electron chi connectivity index (χ4n) is 2.72. The number of hydrogen-bond acceptors (Lipinski definition) is 2. The minimum atomic E-state index is -0.715. The first-order valence-electron chi connectivity index (χ1n) is 6.90. The first kappa shape index (κ1) is 16.5. The van der Waals surface area contributed by atoms with E-state index in [1.165, 1.54) is 12.1 Å². The minimum absolute atomic E-state index is 0. The van der Waals surface area contributed by atoms with Gasteiger partial charge in [0.2, 0.25) is 0 Å². The molecule has 0 aliphatic carbocycles. The van der Waals surface area contributed by atoms with E-state index in [4.69, 9.17) is 5.73 Å². The highest BCUT2D eigenvalue weighted by Gasteiger charge is 2.22. The zero-order chi connectivity index (χ0) is 14.8. The fraction of sp³-hybridized carbons (Fsp3) is 0.176. The summed E-state index contributed by atoms with van der Waals surface area (Å²) in [6, 6.07) is 15.9. The van der Waals surface area contributed by atoms with E-state index in [9.17, 15) is 9.50 Å². The maximum absolute atomic E-state index is 13.3. The molecule has 3 rings (SSSR count). The zero-order valence-electron chi connectivity index (χ0n) is 11.9. The summed E-state index contributed by atoms with van der Waals surface area (Å²) >= 11 is 0. The van der Waals surface area contributed by atoms with Gasteiger partial charge < -0.3 is 15.4 Å². The van der Waals surface area contributed by atoms with Gasteiger partial charge in [0, 0.05) is 23.6 Å². The Morgan fingerprint density at radius 3 is 2.50 bits per heavy atom. The maximum Gasteiger partial charge on any atom is 0.123 e. The van der Waals surface area contributed by atoms with Crippen molar-refractivity contribution in [1.29, 1.82) is 0 Å². The average molecular weight is 321 g/mol. The van der Waals surface area contributed by atoms with Crippen LogP contribution in [0.15, 0.2) is 60.8 Å². The average Bonchev–Trinajstić information content (AvgIpc) is 2.91. The number of fused-ring (bicyclic) bond motifs is 1. The first-order valence-corrected chi connectivity index (χ1v) is 6.90.